The molecule has 15 heavy (non-hydrogen) atoms. The van der Waals surface area contributed by atoms with E-state index in [0.717, 1.165) is 18.0 Å². The first kappa shape index (κ1) is 9.41. The molecule has 3 rings (SSSR count). The van der Waals surface area contributed by atoms with Gasteiger partial charge in [0.25, 0.3) is 0 Å². The van der Waals surface area contributed by atoms with Gasteiger partial charge in [0.1, 0.15) is 0 Å². The second-order valence-corrected chi connectivity index (χ2v) is 5.22. The smallest absolute Gasteiger partial charge is 0.00813 e. The Morgan fingerprint density at radius 1 is 1.13 bits per heavy atom. The molecule has 1 N–H and O–H groups in total. The van der Waals surface area contributed by atoms with Crippen LogP contribution in [0.1, 0.15) is 42.7 Å². The van der Waals surface area contributed by atoms with Crippen LogP contribution in [0, 0.1) is 6.92 Å². The fourth-order valence-corrected chi connectivity index (χ4v) is 2.53. The molecule has 0 bridgehead atoms. The van der Waals surface area contributed by atoms with Crippen molar-refractivity contribution in [2.45, 2.75) is 50.6 Å². The van der Waals surface area contributed by atoms with Gasteiger partial charge in [-0.15, -0.1) is 0 Å². The Morgan fingerprint density at radius 2 is 1.93 bits per heavy atom. The zero-order valence-corrected chi connectivity index (χ0v) is 9.37. The third-order valence-electron chi connectivity index (χ3n) is 3.70. The van der Waals surface area contributed by atoms with Crippen molar-refractivity contribution in [3.8, 4) is 0 Å². The van der Waals surface area contributed by atoms with Gasteiger partial charge in [-0.3, -0.25) is 0 Å². The van der Waals surface area contributed by atoms with Crippen LogP contribution in [-0.4, -0.2) is 12.1 Å². The van der Waals surface area contributed by atoms with Crippen LogP contribution in [0.5, 0.6) is 0 Å². The highest BCUT2D eigenvalue weighted by Gasteiger charge is 2.34. The Kier molecular flexibility index (Phi) is 2.28. The summed E-state index contributed by atoms with van der Waals surface area (Å²) in [5, 5.41) is 3.70. The van der Waals surface area contributed by atoms with Gasteiger partial charge in [-0.2, -0.15) is 0 Å². The van der Waals surface area contributed by atoms with Crippen LogP contribution < -0.4 is 5.32 Å². The fraction of sp³-hybridized carbons (Fsp3) is 0.571. The largest absolute Gasteiger partial charge is 0.311 e. The first-order valence-corrected chi connectivity index (χ1v) is 6.14. The molecule has 0 atom stereocenters. The molecule has 0 spiro atoms. The number of nitrogens with one attached hydrogen (secondary N) is 1. The second-order valence-electron chi connectivity index (χ2n) is 5.22. The minimum atomic E-state index is 0.808. The van der Waals surface area contributed by atoms with Gasteiger partial charge in [-0.1, -0.05) is 29.8 Å². The number of hydrogen-bond acceptors (Lipinski definition) is 1. The third kappa shape index (κ3) is 2.07. The SMILES string of the molecule is Cc1cccc(C2CC(NC3CC3)C2)c1. The summed E-state index contributed by atoms with van der Waals surface area (Å²) in [6, 6.07) is 10.7. The number of rotatable bonds is 3. The van der Waals surface area contributed by atoms with E-state index in [-0.39, 0.29) is 0 Å². The van der Waals surface area contributed by atoms with Crippen molar-refractivity contribution in [1.29, 1.82) is 0 Å². The van der Waals surface area contributed by atoms with Gasteiger partial charge in [0.2, 0.25) is 0 Å². The van der Waals surface area contributed by atoms with Crippen LogP contribution in [0.25, 0.3) is 0 Å². The van der Waals surface area contributed by atoms with Crippen LogP contribution in [0.4, 0.5) is 0 Å². The van der Waals surface area contributed by atoms with Crippen LogP contribution in [0.15, 0.2) is 24.3 Å². The zero-order chi connectivity index (χ0) is 10.3. The van der Waals surface area contributed by atoms with Gasteiger partial charge in [-0.25, -0.2) is 0 Å². The minimum Gasteiger partial charge on any atom is -0.311 e. The molecule has 0 aromatic heterocycles. The maximum Gasteiger partial charge on any atom is 0.00813 e. The van der Waals surface area contributed by atoms with E-state index in [1.54, 1.807) is 5.56 Å². The van der Waals surface area contributed by atoms with Crippen molar-refractivity contribution in [1.82, 2.24) is 5.32 Å². The molecule has 1 aromatic rings. The molecule has 1 nitrogen and oxygen atoms in total. The Morgan fingerprint density at radius 3 is 2.60 bits per heavy atom. The Labute approximate surface area is 91.9 Å². The van der Waals surface area contributed by atoms with Crippen molar-refractivity contribution in [3.63, 3.8) is 0 Å². The maximum atomic E-state index is 3.70. The van der Waals surface area contributed by atoms with Gasteiger partial charge in [0.15, 0.2) is 0 Å². The van der Waals surface area contributed by atoms with Crippen LogP contribution in [0.2, 0.25) is 0 Å². The summed E-state index contributed by atoms with van der Waals surface area (Å²) in [5.74, 6) is 0.821. The molecule has 0 unspecified atom stereocenters. The molecule has 2 saturated carbocycles. The molecular formula is C14H19N. The van der Waals surface area contributed by atoms with E-state index in [1.165, 1.54) is 31.2 Å². The molecular weight excluding hydrogens is 182 g/mol. The number of hydrogen-bond donors (Lipinski definition) is 1. The van der Waals surface area contributed by atoms with E-state index in [0.29, 0.717) is 0 Å². The molecule has 0 saturated heterocycles. The lowest BCUT2D eigenvalue weighted by Crippen LogP contribution is -2.41. The van der Waals surface area contributed by atoms with Crippen LogP contribution >= 0.6 is 0 Å². The molecule has 2 fully saturated rings. The van der Waals surface area contributed by atoms with E-state index in [1.807, 2.05) is 0 Å². The highest BCUT2D eigenvalue weighted by molar-refractivity contribution is 5.27. The summed E-state index contributed by atoms with van der Waals surface area (Å²) in [6.07, 6.45) is 5.51. The average Bonchev–Trinajstić information content (AvgIpc) is 2.94. The molecule has 0 amide bonds. The topological polar surface area (TPSA) is 12.0 Å². The van der Waals surface area contributed by atoms with Crippen molar-refractivity contribution in [2.24, 2.45) is 0 Å². The Hall–Kier alpha value is -0.820. The van der Waals surface area contributed by atoms with E-state index in [9.17, 15) is 0 Å². The Bertz CT molecular complexity index is 348. The van der Waals surface area contributed by atoms with Crippen molar-refractivity contribution in [2.75, 3.05) is 0 Å². The first-order valence-electron chi connectivity index (χ1n) is 6.14. The first-order chi connectivity index (χ1) is 7.31. The quantitative estimate of drug-likeness (QED) is 0.792. The standard InChI is InChI=1S/C14H19N/c1-10-3-2-4-11(7-10)12-8-14(9-12)15-13-5-6-13/h2-4,7,12-15H,5-6,8-9H2,1H3. The number of aryl methyl sites for hydroxylation is 1. The molecule has 0 heterocycles. The summed E-state index contributed by atoms with van der Waals surface area (Å²) < 4.78 is 0. The molecule has 2 aliphatic carbocycles. The average molecular weight is 201 g/mol. The van der Waals surface area contributed by atoms with Gasteiger partial charge in [0.05, 0.1) is 0 Å². The monoisotopic (exact) mass is 201 g/mol. The predicted octanol–water partition coefficient (Wildman–Crippen LogP) is 2.99. The van der Waals surface area contributed by atoms with Gasteiger partial charge < -0.3 is 5.32 Å². The fourth-order valence-electron chi connectivity index (χ4n) is 2.53. The van der Waals surface area contributed by atoms with Gasteiger partial charge in [-0.05, 0) is 44.1 Å². The van der Waals surface area contributed by atoms with Crippen molar-refractivity contribution < 1.29 is 0 Å². The molecule has 2 aliphatic rings. The summed E-state index contributed by atoms with van der Waals surface area (Å²) in [6.45, 7) is 2.18. The van der Waals surface area contributed by atoms with Crippen LogP contribution in [0.3, 0.4) is 0 Å². The second kappa shape index (κ2) is 3.64. The lowest BCUT2D eigenvalue weighted by Gasteiger charge is -2.36. The van der Waals surface area contributed by atoms with Gasteiger partial charge >= 0.3 is 0 Å². The summed E-state index contributed by atoms with van der Waals surface area (Å²) in [7, 11) is 0. The highest BCUT2D eigenvalue weighted by Crippen LogP contribution is 2.38. The summed E-state index contributed by atoms with van der Waals surface area (Å²) in [5.41, 5.74) is 2.94. The molecule has 0 aliphatic heterocycles. The Balaban J connectivity index is 1.57. The van der Waals surface area contributed by atoms with Crippen LogP contribution in [-0.2, 0) is 0 Å². The maximum absolute atomic E-state index is 3.70. The van der Waals surface area contributed by atoms with Crippen molar-refractivity contribution >= 4 is 0 Å². The molecule has 1 aromatic carbocycles. The van der Waals surface area contributed by atoms with E-state index >= 15 is 0 Å². The predicted molar refractivity (Wildman–Crippen MR) is 63.1 cm³/mol. The van der Waals surface area contributed by atoms with E-state index in [4.69, 9.17) is 0 Å². The normalized spacial score (nSPS) is 29.9. The lowest BCUT2D eigenvalue weighted by atomic mass is 9.75. The zero-order valence-electron chi connectivity index (χ0n) is 9.37. The van der Waals surface area contributed by atoms with Crippen molar-refractivity contribution in [3.05, 3.63) is 35.4 Å². The lowest BCUT2D eigenvalue weighted by molar-refractivity contribution is 0.289. The summed E-state index contributed by atoms with van der Waals surface area (Å²) in [4.78, 5) is 0. The van der Waals surface area contributed by atoms with E-state index in [2.05, 4.69) is 36.5 Å². The minimum absolute atomic E-state index is 0.808. The molecule has 0 radical (unpaired) electrons. The molecule has 80 valence electrons. The molecule has 1 heteroatoms. The number of benzene rings is 1. The summed E-state index contributed by atoms with van der Waals surface area (Å²) >= 11 is 0. The highest BCUT2D eigenvalue weighted by atomic mass is 15.0. The van der Waals surface area contributed by atoms with E-state index < -0.39 is 0 Å². The van der Waals surface area contributed by atoms with Gasteiger partial charge in [0, 0.05) is 12.1 Å². The third-order valence-corrected chi connectivity index (χ3v) is 3.70.